The van der Waals surface area contributed by atoms with Crippen molar-refractivity contribution in [2.24, 2.45) is 11.8 Å². The quantitative estimate of drug-likeness (QED) is 0.878. The Bertz CT molecular complexity index is 457. The number of aliphatic hydroxyl groups is 1. The molecule has 1 aliphatic heterocycles. The van der Waals surface area contributed by atoms with Gasteiger partial charge < -0.3 is 14.7 Å². The lowest BCUT2D eigenvalue weighted by Crippen LogP contribution is -2.25. The topological polar surface area (TPSA) is 58.5 Å². The van der Waals surface area contributed by atoms with Crippen molar-refractivity contribution >= 4 is 17.4 Å². The van der Waals surface area contributed by atoms with Crippen molar-refractivity contribution in [2.75, 3.05) is 25.1 Å². The zero-order valence-electron chi connectivity index (χ0n) is 10.2. The number of rotatable bonds is 2. The molecule has 18 heavy (non-hydrogen) atoms. The lowest BCUT2D eigenvalue weighted by atomic mass is 10.00. The van der Waals surface area contributed by atoms with Crippen molar-refractivity contribution in [1.29, 1.82) is 0 Å². The van der Waals surface area contributed by atoms with E-state index in [1.54, 1.807) is 6.20 Å². The van der Waals surface area contributed by atoms with Crippen LogP contribution in [-0.4, -0.2) is 41.4 Å². The van der Waals surface area contributed by atoms with Gasteiger partial charge in [0.2, 0.25) is 0 Å². The molecule has 5 nitrogen and oxygen atoms in total. The van der Waals surface area contributed by atoms with Crippen LogP contribution in [0.2, 0.25) is 5.02 Å². The number of anilines is 1. The van der Waals surface area contributed by atoms with Gasteiger partial charge >= 0.3 is 6.01 Å². The summed E-state index contributed by atoms with van der Waals surface area (Å²) in [7, 11) is 1.54. The number of fused-ring (bicyclic) bond motifs is 1. The summed E-state index contributed by atoms with van der Waals surface area (Å²) in [5.41, 5.74) is 0. The first-order valence-corrected chi connectivity index (χ1v) is 6.56. The summed E-state index contributed by atoms with van der Waals surface area (Å²) >= 11 is 6.14. The Morgan fingerprint density at radius 2 is 2.28 bits per heavy atom. The number of aromatic nitrogens is 2. The molecule has 3 atom stereocenters. The van der Waals surface area contributed by atoms with Crippen molar-refractivity contribution in [3.05, 3.63) is 11.2 Å². The lowest BCUT2D eigenvalue weighted by Gasteiger charge is -2.20. The van der Waals surface area contributed by atoms with E-state index in [-0.39, 0.29) is 6.10 Å². The molecule has 0 spiro atoms. The Kier molecular flexibility index (Phi) is 3.03. The van der Waals surface area contributed by atoms with E-state index in [1.165, 1.54) is 7.11 Å². The van der Waals surface area contributed by atoms with E-state index in [0.717, 1.165) is 25.9 Å². The van der Waals surface area contributed by atoms with E-state index in [4.69, 9.17) is 16.3 Å². The second-order valence-electron chi connectivity index (χ2n) is 5.00. The molecule has 1 aromatic heterocycles. The van der Waals surface area contributed by atoms with Crippen LogP contribution >= 0.6 is 11.6 Å². The van der Waals surface area contributed by atoms with Gasteiger partial charge in [-0.15, -0.1) is 0 Å². The molecular formula is C12H16ClN3O2. The molecule has 2 fully saturated rings. The maximum Gasteiger partial charge on any atom is 0.318 e. The zero-order chi connectivity index (χ0) is 12.7. The van der Waals surface area contributed by atoms with Crippen molar-refractivity contribution in [1.82, 2.24) is 9.97 Å². The molecule has 0 bridgehead atoms. The Morgan fingerprint density at radius 1 is 1.44 bits per heavy atom. The highest BCUT2D eigenvalue weighted by Gasteiger charge is 2.42. The summed E-state index contributed by atoms with van der Waals surface area (Å²) in [6.45, 7) is 1.72. The maximum atomic E-state index is 9.92. The highest BCUT2D eigenvalue weighted by atomic mass is 35.5. The van der Waals surface area contributed by atoms with Gasteiger partial charge in [-0.25, -0.2) is 4.98 Å². The van der Waals surface area contributed by atoms with Crippen LogP contribution < -0.4 is 9.64 Å². The summed E-state index contributed by atoms with van der Waals surface area (Å²) in [6, 6.07) is 0.326. The third kappa shape index (κ3) is 1.91. The molecule has 1 N–H and O–H groups in total. The van der Waals surface area contributed by atoms with Crippen molar-refractivity contribution in [2.45, 2.75) is 18.9 Å². The van der Waals surface area contributed by atoms with E-state index in [1.807, 2.05) is 0 Å². The van der Waals surface area contributed by atoms with Gasteiger partial charge in [0.05, 0.1) is 19.4 Å². The van der Waals surface area contributed by atoms with Gasteiger partial charge in [0.15, 0.2) is 5.82 Å². The summed E-state index contributed by atoms with van der Waals surface area (Å²) in [5.74, 6) is 1.61. The average molecular weight is 270 g/mol. The molecule has 1 saturated carbocycles. The van der Waals surface area contributed by atoms with Crippen LogP contribution in [0.25, 0.3) is 0 Å². The number of ether oxygens (including phenoxy) is 1. The third-order valence-corrected chi connectivity index (χ3v) is 4.27. The minimum absolute atomic E-state index is 0.178. The summed E-state index contributed by atoms with van der Waals surface area (Å²) < 4.78 is 5.03. The number of methoxy groups -OCH3 is 1. The van der Waals surface area contributed by atoms with Gasteiger partial charge in [0, 0.05) is 19.0 Å². The SMILES string of the molecule is COc1ncc(Cl)c(N2CC3CCC(O)C3C2)n1. The Hall–Kier alpha value is -1.07. The monoisotopic (exact) mass is 269 g/mol. The van der Waals surface area contributed by atoms with Crippen LogP contribution in [0, 0.1) is 11.8 Å². The molecular weight excluding hydrogens is 254 g/mol. The fourth-order valence-corrected chi connectivity index (χ4v) is 3.28. The Morgan fingerprint density at radius 3 is 3.00 bits per heavy atom. The second kappa shape index (κ2) is 4.55. The fraction of sp³-hybridized carbons (Fsp3) is 0.667. The van der Waals surface area contributed by atoms with Crippen LogP contribution in [0.4, 0.5) is 5.82 Å². The predicted molar refractivity (Wildman–Crippen MR) is 68.0 cm³/mol. The Labute approximate surface area is 111 Å². The number of aliphatic hydroxyl groups excluding tert-OH is 1. The first-order chi connectivity index (χ1) is 8.69. The molecule has 1 saturated heterocycles. The Balaban J connectivity index is 1.84. The van der Waals surface area contributed by atoms with Crippen LogP contribution in [0.5, 0.6) is 6.01 Å². The molecule has 98 valence electrons. The predicted octanol–water partition coefficient (Wildman–Crippen LogP) is 1.35. The third-order valence-electron chi connectivity index (χ3n) is 4.00. The number of hydrogen-bond donors (Lipinski definition) is 1. The molecule has 3 rings (SSSR count). The van der Waals surface area contributed by atoms with Gasteiger partial charge in [0.1, 0.15) is 5.02 Å². The summed E-state index contributed by atoms with van der Waals surface area (Å²) in [4.78, 5) is 10.4. The highest BCUT2D eigenvalue weighted by Crippen LogP contribution is 2.40. The first kappa shape index (κ1) is 12.0. The summed E-state index contributed by atoms with van der Waals surface area (Å²) in [5, 5.41) is 10.4. The van der Waals surface area contributed by atoms with E-state index in [9.17, 15) is 5.11 Å². The molecule has 0 radical (unpaired) electrons. The molecule has 1 aliphatic carbocycles. The van der Waals surface area contributed by atoms with Crippen molar-refractivity contribution < 1.29 is 9.84 Å². The van der Waals surface area contributed by atoms with Crippen LogP contribution in [0.3, 0.4) is 0 Å². The molecule has 0 amide bonds. The molecule has 0 aromatic carbocycles. The molecule has 2 heterocycles. The molecule has 3 unspecified atom stereocenters. The van der Waals surface area contributed by atoms with Crippen LogP contribution in [0.1, 0.15) is 12.8 Å². The zero-order valence-corrected chi connectivity index (χ0v) is 11.0. The second-order valence-corrected chi connectivity index (χ2v) is 5.41. The van der Waals surface area contributed by atoms with Gasteiger partial charge in [-0.2, -0.15) is 4.98 Å². The standard InChI is InChI=1S/C12H16ClN3O2/c1-18-12-14-4-9(13)11(15-12)16-5-7-2-3-10(17)8(7)6-16/h4,7-8,10,17H,2-3,5-6H2,1H3. The van der Waals surface area contributed by atoms with Crippen molar-refractivity contribution in [3.8, 4) is 6.01 Å². The van der Waals surface area contributed by atoms with E-state index in [2.05, 4.69) is 14.9 Å². The van der Waals surface area contributed by atoms with E-state index in [0.29, 0.717) is 28.7 Å². The molecule has 1 aromatic rings. The average Bonchev–Trinajstić information content (AvgIpc) is 2.93. The largest absolute Gasteiger partial charge is 0.467 e. The number of nitrogens with zero attached hydrogens (tertiary/aromatic N) is 3. The van der Waals surface area contributed by atoms with Gasteiger partial charge in [-0.1, -0.05) is 11.6 Å². The smallest absolute Gasteiger partial charge is 0.318 e. The van der Waals surface area contributed by atoms with E-state index >= 15 is 0 Å². The maximum absolute atomic E-state index is 9.92. The number of hydrogen-bond acceptors (Lipinski definition) is 5. The van der Waals surface area contributed by atoms with Crippen LogP contribution in [0.15, 0.2) is 6.20 Å². The van der Waals surface area contributed by atoms with Crippen LogP contribution in [-0.2, 0) is 0 Å². The summed E-state index contributed by atoms with van der Waals surface area (Å²) in [6.07, 6.45) is 3.39. The molecule has 2 aliphatic rings. The first-order valence-electron chi connectivity index (χ1n) is 6.18. The minimum Gasteiger partial charge on any atom is -0.467 e. The number of halogens is 1. The van der Waals surface area contributed by atoms with Crippen molar-refractivity contribution in [3.63, 3.8) is 0 Å². The minimum atomic E-state index is -0.178. The normalized spacial score (nSPS) is 30.6. The highest BCUT2D eigenvalue weighted by molar-refractivity contribution is 6.32. The fourth-order valence-electron chi connectivity index (χ4n) is 3.07. The van der Waals surface area contributed by atoms with Gasteiger partial charge in [0.25, 0.3) is 0 Å². The van der Waals surface area contributed by atoms with Gasteiger partial charge in [-0.3, -0.25) is 0 Å². The molecule has 6 heteroatoms. The van der Waals surface area contributed by atoms with E-state index < -0.39 is 0 Å². The lowest BCUT2D eigenvalue weighted by molar-refractivity contribution is 0.133. The van der Waals surface area contributed by atoms with Gasteiger partial charge in [-0.05, 0) is 18.8 Å².